The molecule has 1 heterocycles. The highest BCUT2D eigenvalue weighted by molar-refractivity contribution is 9.10. The summed E-state index contributed by atoms with van der Waals surface area (Å²) >= 11 is 3.38. The van der Waals surface area contributed by atoms with Crippen molar-refractivity contribution in [3.8, 4) is 0 Å². The minimum Gasteiger partial charge on any atom is -0.464 e. The summed E-state index contributed by atoms with van der Waals surface area (Å²) in [4.78, 5) is 24.2. The molecule has 2 amide bonds. The molecular weight excluding hydrogens is 396 g/mol. The lowest BCUT2D eigenvalue weighted by atomic mass is 10.1. The van der Waals surface area contributed by atoms with E-state index >= 15 is 0 Å². The van der Waals surface area contributed by atoms with Gasteiger partial charge in [-0.05, 0) is 49.2 Å². The summed E-state index contributed by atoms with van der Waals surface area (Å²) in [6, 6.07) is 11.4. The maximum atomic E-state index is 12.2. The lowest BCUT2D eigenvalue weighted by molar-refractivity contribution is -0.123. The van der Waals surface area contributed by atoms with E-state index in [4.69, 9.17) is 4.42 Å². The third kappa shape index (κ3) is 4.32. The number of aryl methyl sites for hydroxylation is 2. The molecule has 26 heavy (non-hydrogen) atoms. The first kappa shape index (κ1) is 18.2. The van der Waals surface area contributed by atoms with E-state index in [1.165, 1.54) is 0 Å². The van der Waals surface area contributed by atoms with Crippen molar-refractivity contribution in [2.75, 3.05) is 11.9 Å². The second-order valence-electron chi connectivity index (χ2n) is 6.22. The fraction of sp³-hybridized carbons (Fsp3) is 0.200. The summed E-state index contributed by atoms with van der Waals surface area (Å²) < 4.78 is 6.44. The number of furan rings is 1. The van der Waals surface area contributed by atoms with E-state index in [0.29, 0.717) is 0 Å². The van der Waals surface area contributed by atoms with E-state index in [0.717, 1.165) is 37.8 Å². The molecule has 0 radical (unpaired) electrons. The van der Waals surface area contributed by atoms with Gasteiger partial charge in [-0.3, -0.25) is 9.59 Å². The molecule has 0 aliphatic heterocycles. The third-order valence-electron chi connectivity index (χ3n) is 4.07. The van der Waals surface area contributed by atoms with Crippen molar-refractivity contribution >= 4 is 44.4 Å². The lowest BCUT2D eigenvalue weighted by Gasteiger charge is -2.09. The number of hydrogen-bond acceptors (Lipinski definition) is 3. The van der Waals surface area contributed by atoms with Crippen molar-refractivity contribution in [3.05, 3.63) is 63.8 Å². The van der Waals surface area contributed by atoms with Crippen LogP contribution in [0.2, 0.25) is 0 Å². The van der Waals surface area contributed by atoms with Gasteiger partial charge in [0.1, 0.15) is 5.58 Å². The van der Waals surface area contributed by atoms with Crippen molar-refractivity contribution in [1.82, 2.24) is 5.32 Å². The molecule has 0 unspecified atom stereocenters. The molecule has 0 saturated carbocycles. The van der Waals surface area contributed by atoms with Crippen LogP contribution in [0.3, 0.4) is 0 Å². The molecule has 0 aliphatic rings. The van der Waals surface area contributed by atoms with Crippen LogP contribution in [0.5, 0.6) is 0 Å². The van der Waals surface area contributed by atoms with E-state index in [9.17, 15) is 9.59 Å². The zero-order valence-electron chi connectivity index (χ0n) is 14.6. The largest absolute Gasteiger partial charge is 0.464 e. The molecule has 2 aromatic carbocycles. The van der Waals surface area contributed by atoms with Gasteiger partial charge in [-0.2, -0.15) is 0 Å². The van der Waals surface area contributed by atoms with Gasteiger partial charge in [-0.25, -0.2) is 0 Å². The Labute approximate surface area is 159 Å². The van der Waals surface area contributed by atoms with Gasteiger partial charge in [0.15, 0.2) is 0 Å². The predicted molar refractivity (Wildman–Crippen MR) is 105 cm³/mol. The molecule has 2 N–H and O–H groups in total. The van der Waals surface area contributed by atoms with Crippen molar-refractivity contribution in [2.24, 2.45) is 0 Å². The number of carbonyl (C=O) groups excluding carboxylic acids is 2. The van der Waals surface area contributed by atoms with Crippen molar-refractivity contribution in [2.45, 2.75) is 20.3 Å². The number of halogens is 1. The second-order valence-corrected chi connectivity index (χ2v) is 7.14. The van der Waals surface area contributed by atoms with E-state index in [-0.39, 0.29) is 24.8 Å². The summed E-state index contributed by atoms with van der Waals surface area (Å²) in [5.41, 5.74) is 4.34. The average molecular weight is 415 g/mol. The normalized spacial score (nSPS) is 10.7. The van der Waals surface area contributed by atoms with Crippen LogP contribution in [0, 0.1) is 13.8 Å². The average Bonchev–Trinajstić information content (AvgIpc) is 2.97. The third-order valence-corrected chi connectivity index (χ3v) is 4.56. The van der Waals surface area contributed by atoms with Gasteiger partial charge >= 0.3 is 0 Å². The molecule has 5 nitrogen and oxygen atoms in total. The Morgan fingerprint density at radius 2 is 1.88 bits per heavy atom. The second kappa shape index (κ2) is 7.74. The van der Waals surface area contributed by atoms with E-state index in [1.54, 1.807) is 6.26 Å². The molecule has 0 atom stereocenters. The predicted octanol–water partition coefficient (Wildman–Crippen LogP) is 4.11. The molecule has 6 heteroatoms. The first-order valence-corrected chi connectivity index (χ1v) is 9.01. The van der Waals surface area contributed by atoms with E-state index < -0.39 is 0 Å². The van der Waals surface area contributed by atoms with Gasteiger partial charge in [0.05, 0.1) is 19.2 Å². The monoisotopic (exact) mass is 414 g/mol. The highest BCUT2D eigenvalue weighted by Gasteiger charge is 2.12. The fourth-order valence-corrected chi connectivity index (χ4v) is 3.18. The van der Waals surface area contributed by atoms with Crippen LogP contribution in [-0.4, -0.2) is 18.4 Å². The molecule has 0 aliphatic carbocycles. The standard InChI is InChI=1S/C20H19BrN2O3/c1-12-3-5-16-14(11-26-18(16)7-12)9-19(24)22-10-20(25)23-17-6-4-15(21)8-13(17)2/h3-8,11H,9-10H2,1-2H3,(H,22,24)(H,23,25). The van der Waals surface area contributed by atoms with Gasteiger partial charge < -0.3 is 15.1 Å². The van der Waals surface area contributed by atoms with Crippen LogP contribution in [0.4, 0.5) is 5.69 Å². The molecule has 134 valence electrons. The zero-order chi connectivity index (χ0) is 18.7. The number of amides is 2. The maximum absolute atomic E-state index is 12.2. The molecule has 3 aromatic rings. The molecule has 3 rings (SSSR count). The van der Waals surface area contributed by atoms with Gasteiger partial charge in [-0.15, -0.1) is 0 Å². The molecule has 1 aromatic heterocycles. The number of benzene rings is 2. The van der Waals surface area contributed by atoms with Crippen LogP contribution in [-0.2, 0) is 16.0 Å². The summed E-state index contributed by atoms with van der Waals surface area (Å²) in [6.45, 7) is 3.81. The number of rotatable bonds is 5. The van der Waals surface area contributed by atoms with Crippen LogP contribution < -0.4 is 10.6 Å². The van der Waals surface area contributed by atoms with Crippen LogP contribution in [0.1, 0.15) is 16.7 Å². The van der Waals surface area contributed by atoms with E-state index in [1.807, 2.05) is 50.2 Å². The van der Waals surface area contributed by atoms with Crippen LogP contribution in [0.15, 0.2) is 51.6 Å². The Kier molecular flexibility index (Phi) is 5.42. The van der Waals surface area contributed by atoms with Crippen molar-refractivity contribution < 1.29 is 14.0 Å². The first-order chi connectivity index (χ1) is 12.4. The minimum atomic E-state index is -0.267. The number of fused-ring (bicyclic) bond motifs is 1. The topological polar surface area (TPSA) is 71.3 Å². The summed E-state index contributed by atoms with van der Waals surface area (Å²) in [7, 11) is 0. The minimum absolute atomic E-state index is 0.0801. The quantitative estimate of drug-likeness (QED) is 0.659. The summed E-state index contributed by atoms with van der Waals surface area (Å²) in [5, 5.41) is 6.36. The van der Waals surface area contributed by atoms with Crippen LogP contribution in [0.25, 0.3) is 11.0 Å². The Morgan fingerprint density at radius 1 is 1.08 bits per heavy atom. The molecule has 0 fully saturated rings. The zero-order valence-corrected chi connectivity index (χ0v) is 16.1. The molecule has 0 bridgehead atoms. The van der Waals surface area contributed by atoms with Gasteiger partial charge in [0.25, 0.3) is 0 Å². The maximum Gasteiger partial charge on any atom is 0.243 e. The SMILES string of the molecule is Cc1ccc2c(CC(=O)NCC(=O)Nc3ccc(Br)cc3C)coc2c1. The van der Waals surface area contributed by atoms with Crippen molar-refractivity contribution in [3.63, 3.8) is 0 Å². The fourth-order valence-electron chi connectivity index (χ4n) is 2.70. The molecular formula is C20H19BrN2O3. The number of carbonyl (C=O) groups is 2. The number of nitrogens with one attached hydrogen (secondary N) is 2. The summed E-state index contributed by atoms with van der Waals surface area (Å²) in [6.07, 6.45) is 1.76. The van der Waals surface area contributed by atoms with Gasteiger partial charge in [0.2, 0.25) is 11.8 Å². The van der Waals surface area contributed by atoms with E-state index in [2.05, 4.69) is 26.6 Å². The van der Waals surface area contributed by atoms with Crippen molar-refractivity contribution in [1.29, 1.82) is 0 Å². The molecule has 0 spiro atoms. The Bertz CT molecular complexity index is 978. The number of hydrogen-bond donors (Lipinski definition) is 2. The van der Waals surface area contributed by atoms with Gasteiger partial charge in [-0.1, -0.05) is 28.1 Å². The summed E-state index contributed by atoms with van der Waals surface area (Å²) in [5.74, 6) is -0.493. The highest BCUT2D eigenvalue weighted by Crippen LogP contribution is 2.23. The Hall–Kier alpha value is -2.60. The first-order valence-electron chi connectivity index (χ1n) is 8.22. The Balaban J connectivity index is 1.55. The Morgan fingerprint density at radius 3 is 2.65 bits per heavy atom. The van der Waals surface area contributed by atoms with Crippen LogP contribution >= 0.6 is 15.9 Å². The van der Waals surface area contributed by atoms with Gasteiger partial charge in [0, 0.05) is 21.1 Å². The smallest absolute Gasteiger partial charge is 0.243 e. The number of anilines is 1. The highest BCUT2D eigenvalue weighted by atomic mass is 79.9. The lowest BCUT2D eigenvalue weighted by Crippen LogP contribution is -2.33. The molecule has 0 saturated heterocycles.